The number of hydrogen-bond donors (Lipinski definition) is 2. The highest BCUT2D eigenvalue weighted by atomic mass is 16.5. The molecule has 0 heterocycles. The van der Waals surface area contributed by atoms with E-state index in [4.69, 9.17) is 15.6 Å². The normalized spacial score (nSPS) is 32.8. The molecule has 2 atom stereocenters. The average molecular weight is 201 g/mol. The van der Waals surface area contributed by atoms with Gasteiger partial charge in [-0.1, -0.05) is 13.8 Å². The van der Waals surface area contributed by atoms with E-state index in [0.29, 0.717) is 5.92 Å². The van der Waals surface area contributed by atoms with Crippen LogP contribution in [-0.4, -0.2) is 30.0 Å². The van der Waals surface area contributed by atoms with E-state index in [1.807, 2.05) is 0 Å². The van der Waals surface area contributed by atoms with E-state index >= 15 is 0 Å². The second kappa shape index (κ2) is 5.10. The van der Waals surface area contributed by atoms with Crippen molar-refractivity contribution in [3.05, 3.63) is 0 Å². The molecular weight excluding hydrogens is 178 g/mol. The van der Waals surface area contributed by atoms with Gasteiger partial charge >= 0.3 is 0 Å². The molecule has 1 aliphatic rings. The monoisotopic (exact) mass is 201 g/mol. The molecular formula is C11H23NO2. The molecule has 0 saturated heterocycles. The molecule has 14 heavy (non-hydrogen) atoms. The van der Waals surface area contributed by atoms with Crippen LogP contribution >= 0.6 is 0 Å². The van der Waals surface area contributed by atoms with Crippen LogP contribution in [0, 0.1) is 5.92 Å². The van der Waals surface area contributed by atoms with Crippen LogP contribution in [0.4, 0.5) is 0 Å². The van der Waals surface area contributed by atoms with Gasteiger partial charge in [-0.3, -0.25) is 0 Å². The van der Waals surface area contributed by atoms with Gasteiger partial charge in [0.2, 0.25) is 0 Å². The van der Waals surface area contributed by atoms with Gasteiger partial charge < -0.3 is 15.6 Å². The minimum atomic E-state index is -0.373. The van der Waals surface area contributed by atoms with Crippen LogP contribution in [0.5, 0.6) is 0 Å². The van der Waals surface area contributed by atoms with E-state index in [1.54, 1.807) is 0 Å². The van der Waals surface area contributed by atoms with Crippen LogP contribution in [-0.2, 0) is 4.74 Å². The number of aliphatic hydroxyl groups excluding tert-OH is 1. The quantitative estimate of drug-likeness (QED) is 0.704. The largest absolute Gasteiger partial charge is 0.394 e. The van der Waals surface area contributed by atoms with Gasteiger partial charge in [0.15, 0.2) is 0 Å². The summed E-state index contributed by atoms with van der Waals surface area (Å²) in [4.78, 5) is 0. The molecule has 0 aliphatic heterocycles. The maximum Gasteiger partial charge on any atom is 0.0612 e. The SMILES string of the molecule is CC(C)CCOC1CCC(N)(CO)C1. The first-order valence-electron chi connectivity index (χ1n) is 5.57. The van der Waals surface area contributed by atoms with E-state index in [2.05, 4.69) is 13.8 Å². The first kappa shape index (κ1) is 12.0. The molecule has 1 rings (SSSR count). The maximum atomic E-state index is 9.08. The minimum absolute atomic E-state index is 0.0804. The van der Waals surface area contributed by atoms with Crippen molar-refractivity contribution < 1.29 is 9.84 Å². The van der Waals surface area contributed by atoms with Crippen LogP contribution < -0.4 is 5.73 Å². The zero-order chi connectivity index (χ0) is 10.6. The Labute approximate surface area is 86.6 Å². The smallest absolute Gasteiger partial charge is 0.0612 e. The highest BCUT2D eigenvalue weighted by Gasteiger charge is 2.35. The molecule has 0 amide bonds. The fourth-order valence-electron chi connectivity index (χ4n) is 1.86. The van der Waals surface area contributed by atoms with Crippen molar-refractivity contribution in [2.24, 2.45) is 11.7 Å². The third-order valence-corrected chi connectivity index (χ3v) is 2.96. The van der Waals surface area contributed by atoms with Crippen molar-refractivity contribution in [3.63, 3.8) is 0 Å². The molecule has 0 bridgehead atoms. The Hall–Kier alpha value is -0.120. The summed E-state index contributed by atoms with van der Waals surface area (Å²) in [6, 6.07) is 0. The summed E-state index contributed by atoms with van der Waals surface area (Å²) >= 11 is 0. The van der Waals surface area contributed by atoms with Gasteiger partial charge in [-0.25, -0.2) is 0 Å². The molecule has 0 spiro atoms. The Morgan fingerprint density at radius 3 is 2.79 bits per heavy atom. The maximum absolute atomic E-state index is 9.08. The average Bonchev–Trinajstić information content (AvgIpc) is 2.48. The summed E-state index contributed by atoms with van der Waals surface area (Å²) in [5.74, 6) is 0.692. The summed E-state index contributed by atoms with van der Waals surface area (Å²) in [5.41, 5.74) is 5.58. The summed E-state index contributed by atoms with van der Waals surface area (Å²) < 4.78 is 5.72. The van der Waals surface area contributed by atoms with Gasteiger partial charge in [0, 0.05) is 12.1 Å². The number of aliphatic hydroxyl groups is 1. The molecule has 1 saturated carbocycles. The zero-order valence-corrected chi connectivity index (χ0v) is 9.33. The van der Waals surface area contributed by atoms with Gasteiger partial charge in [0.05, 0.1) is 12.7 Å². The van der Waals surface area contributed by atoms with Gasteiger partial charge in [0.25, 0.3) is 0 Å². The zero-order valence-electron chi connectivity index (χ0n) is 9.33. The fraction of sp³-hybridized carbons (Fsp3) is 1.00. The minimum Gasteiger partial charge on any atom is -0.394 e. The van der Waals surface area contributed by atoms with Crippen molar-refractivity contribution >= 4 is 0 Å². The highest BCUT2D eigenvalue weighted by molar-refractivity contribution is 4.93. The second-order valence-corrected chi connectivity index (χ2v) is 4.94. The van der Waals surface area contributed by atoms with E-state index in [0.717, 1.165) is 32.3 Å². The first-order chi connectivity index (χ1) is 6.56. The Kier molecular flexibility index (Phi) is 4.35. The van der Waals surface area contributed by atoms with Crippen LogP contribution in [0.15, 0.2) is 0 Å². The summed E-state index contributed by atoms with van der Waals surface area (Å²) in [6.45, 7) is 5.29. The van der Waals surface area contributed by atoms with E-state index < -0.39 is 0 Å². The fourth-order valence-corrected chi connectivity index (χ4v) is 1.86. The van der Waals surface area contributed by atoms with Crippen molar-refractivity contribution in [1.29, 1.82) is 0 Å². The van der Waals surface area contributed by atoms with E-state index in [9.17, 15) is 0 Å². The van der Waals surface area contributed by atoms with Crippen molar-refractivity contribution in [1.82, 2.24) is 0 Å². The predicted molar refractivity (Wildman–Crippen MR) is 57.1 cm³/mol. The lowest BCUT2D eigenvalue weighted by atomic mass is 10.0. The lowest BCUT2D eigenvalue weighted by Crippen LogP contribution is -2.41. The van der Waals surface area contributed by atoms with Crippen LogP contribution in [0.2, 0.25) is 0 Å². The Balaban J connectivity index is 2.16. The van der Waals surface area contributed by atoms with Crippen molar-refractivity contribution in [2.45, 2.75) is 51.2 Å². The standard InChI is InChI=1S/C11H23NO2/c1-9(2)4-6-14-10-3-5-11(12,7-10)8-13/h9-10,13H,3-8,12H2,1-2H3. The molecule has 1 aliphatic carbocycles. The van der Waals surface area contributed by atoms with Crippen LogP contribution in [0.25, 0.3) is 0 Å². The number of ether oxygens (including phenoxy) is 1. The molecule has 0 aromatic rings. The molecule has 0 aromatic carbocycles. The summed E-state index contributed by atoms with van der Waals surface area (Å²) in [5, 5.41) is 9.08. The molecule has 0 aromatic heterocycles. The number of nitrogens with two attached hydrogens (primary N) is 1. The summed E-state index contributed by atoms with van der Waals surface area (Å²) in [6.07, 6.45) is 4.06. The number of rotatable bonds is 5. The Morgan fingerprint density at radius 2 is 2.29 bits per heavy atom. The van der Waals surface area contributed by atoms with Crippen LogP contribution in [0.1, 0.15) is 39.5 Å². The number of hydrogen-bond acceptors (Lipinski definition) is 3. The van der Waals surface area contributed by atoms with E-state index in [1.165, 1.54) is 0 Å². The molecule has 1 fully saturated rings. The van der Waals surface area contributed by atoms with Crippen molar-refractivity contribution in [2.75, 3.05) is 13.2 Å². The third-order valence-electron chi connectivity index (χ3n) is 2.96. The predicted octanol–water partition coefficient (Wildman–Crippen LogP) is 1.29. The molecule has 3 N–H and O–H groups in total. The molecule has 2 unspecified atom stereocenters. The van der Waals surface area contributed by atoms with Gasteiger partial charge in [-0.15, -0.1) is 0 Å². The highest BCUT2D eigenvalue weighted by Crippen LogP contribution is 2.29. The van der Waals surface area contributed by atoms with Gasteiger partial charge in [-0.2, -0.15) is 0 Å². The molecule has 0 radical (unpaired) electrons. The molecule has 3 nitrogen and oxygen atoms in total. The molecule has 3 heteroatoms. The van der Waals surface area contributed by atoms with Gasteiger partial charge in [-0.05, 0) is 31.6 Å². The Bertz CT molecular complexity index is 173. The molecule has 84 valence electrons. The van der Waals surface area contributed by atoms with Crippen molar-refractivity contribution in [3.8, 4) is 0 Å². The first-order valence-corrected chi connectivity index (χ1v) is 5.57. The lowest BCUT2D eigenvalue weighted by molar-refractivity contribution is 0.0442. The third kappa shape index (κ3) is 3.56. The van der Waals surface area contributed by atoms with Gasteiger partial charge in [0.1, 0.15) is 0 Å². The Morgan fingerprint density at radius 1 is 1.57 bits per heavy atom. The lowest BCUT2D eigenvalue weighted by Gasteiger charge is -2.20. The van der Waals surface area contributed by atoms with E-state index in [-0.39, 0.29) is 18.2 Å². The second-order valence-electron chi connectivity index (χ2n) is 4.94. The summed E-state index contributed by atoms with van der Waals surface area (Å²) in [7, 11) is 0. The van der Waals surface area contributed by atoms with Crippen LogP contribution in [0.3, 0.4) is 0 Å². The topological polar surface area (TPSA) is 55.5 Å².